The molecule has 0 N–H and O–H groups in total. The number of hydrogen-bond donors (Lipinski definition) is 0. The lowest BCUT2D eigenvalue weighted by atomic mass is 9.82. The van der Waals surface area contributed by atoms with E-state index in [-0.39, 0.29) is 17.7 Å². The zero-order chi connectivity index (χ0) is 14.4. The molecule has 0 amide bonds. The summed E-state index contributed by atoms with van der Waals surface area (Å²) in [6.45, 7) is 0. The van der Waals surface area contributed by atoms with Crippen LogP contribution in [0.4, 0.5) is 4.39 Å². The van der Waals surface area contributed by atoms with Crippen LogP contribution >= 0.6 is 0 Å². The molecule has 2 rings (SSSR count). The number of allylic oxidation sites excluding steroid dienone is 2. The highest BCUT2D eigenvalue weighted by Gasteiger charge is 2.26. The van der Waals surface area contributed by atoms with Crippen molar-refractivity contribution in [2.75, 3.05) is 0 Å². The molecule has 0 aliphatic heterocycles. The van der Waals surface area contributed by atoms with Crippen molar-refractivity contribution in [2.24, 2.45) is 11.8 Å². The van der Waals surface area contributed by atoms with Crippen molar-refractivity contribution in [1.29, 1.82) is 5.26 Å². The third-order valence-electron chi connectivity index (χ3n) is 3.58. The summed E-state index contributed by atoms with van der Waals surface area (Å²) in [6, 6.07) is 7.43. The van der Waals surface area contributed by atoms with Crippen LogP contribution in [-0.2, 0) is 4.79 Å². The summed E-state index contributed by atoms with van der Waals surface area (Å²) < 4.78 is 18.0. The van der Waals surface area contributed by atoms with Crippen LogP contribution in [0.25, 0.3) is 0 Å². The number of halogens is 1. The fourth-order valence-corrected chi connectivity index (χ4v) is 2.43. The summed E-state index contributed by atoms with van der Waals surface area (Å²) in [4.78, 5) is 12.0. The van der Waals surface area contributed by atoms with E-state index in [0.717, 1.165) is 25.7 Å². The Morgan fingerprint density at radius 3 is 2.50 bits per heavy atom. The Morgan fingerprint density at radius 2 is 1.90 bits per heavy atom. The second-order valence-electron chi connectivity index (χ2n) is 4.97. The molecule has 1 aliphatic rings. The molecule has 0 unspecified atom stereocenters. The fourth-order valence-electron chi connectivity index (χ4n) is 2.43. The van der Waals surface area contributed by atoms with Gasteiger partial charge in [0.2, 0.25) is 0 Å². The average Bonchev–Trinajstić information content (AvgIpc) is 2.48. The Morgan fingerprint density at radius 1 is 1.25 bits per heavy atom. The van der Waals surface area contributed by atoms with Crippen molar-refractivity contribution in [3.63, 3.8) is 0 Å². The third-order valence-corrected chi connectivity index (χ3v) is 3.58. The average molecular weight is 273 g/mol. The minimum absolute atomic E-state index is 0.105. The monoisotopic (exact) mass is 273 g/mol. The van der Waals surface area contributed by atoms with Crippen LogP contribution in [0, 0.1) is 29.0 Å². The van der Waals surface area contributed by atoms with E-state index in [4.69, 9.17) is 10.00 Å². The van der Waals surface area contributed by atoms with Crippen molar-refractivity contribution in [3.8, 4) is 11.8 Å². The Labute approximate surface area is 117 Å². The zero-order valence-electron chi connectivity index (χ0n) is 11.1. The number of esters is 1. The van der Waals surface area contributed by atoms with Gasteiger partial charge in [-0.2, -0.15) is 5.26 Å². The molecule has 0 saturated heterocycles. The first-order valence-corrected chi connectivity index (χ1v) is 6.72. The van der Waals surface area contributed by atoms with Crippen LogP contribution in [0.2, 0.25) is 0 Å². The predicted octanol–water partition coefficient (Wildman–Crippen LogP) is 3.62. The Balaban J connectivity index is 1.84. The number of nitriles is 1. The maximum atomic E-state index is 12.8. The summed E-state index contributed by atoms with van der Waals surface area (Å²) in [5.74, 6) is 0.0492. The van der Waals surface area contributed by atoms with Crippen molar-refractivity contribution < 1.29 is 13.9 Å². The van der Waals surface area contributed by atoms with Crippen LogP contribution in [0.15, 0.2) is 36.4 Å². The molecule has 104 valence electrons. The molecular weight excluding hydrogens is 257 g/mol. The standard InChI is InChI=1S/C16H16FNO2/c17-14-7-9-15(10-8-14)20-16(19)13-5-3-12(4-6-13)2-1-11-18/h1-2,7-10,12-13H,3-6H2/b2-1+. The molecule has 0 bridgehead atoms. The van der Waals surface area contributed by atoms with Gasteiger partial charge in [-0.25, -0.2) is 4.39 Å². The number of ether oxygens (including phenoxy) is 1. The van der Waals surface area contributed by atoms with E-state index in [0.29, 0.717) is 11.7 Å². The molecule has 0 aromatic heterocycles. The number of nitrogens with zero attached hydrogens (tertiary/aromatic N) is 1. The van der Waals surface area contributed by atoms with E-state index in [1.165, 1.54) is 30.3 Å². The summed E-state index contributed by atoms with van der Waals surface area (Å²) in [5.41, 5.74) is 0. The van der Waals surface area contributed by atoms with Crippen LogP contribution in [0.5, 0.6) is 5.75 Å². The molecule has 1 aromatic carbocycles. The molecule has 1 aromatic rings. The molecule has 0 spiro atoms. The Bertz CT molecular complexity index is 522. The topological polar surface area (TPSA) is 50.1 Å². The first kappa shape index (κ1) is 14.3. The number of rotatable bonds is 3. The lowest BCUT2D eigenvalue weighted by molar-refractivity contribution is -0.140. The van der Waals surface area contributed by atoms with E-state index in [2.05, 4.69) is 0 Å². The summed E-state index contributed by atoms with van der Waals surface area (Å²) in [6.07, 6.45) is 6.72. The highest BCUT2D eigenvalue weighted by Crippen LogP contribution is 2.30. The van der Waals surface area contributed by atoms with Crippen LogP contribution < -0.4 is 4.74 Å². The summed E-state index contributed by atoms with van der Waals surface area (Å²) in [5, 5.41) is 8.48. The third kappa shape index (κ3) is 3.92. The number of carbonyl (C=O) groups is 1. The smallest absolute Gasteiger partial charge is 0.314 e. The molecule has 1 saturated carbocycles. The quantitative estimate of drug-likeness (QED) is 0.480. The van der Waals surface area contributed by atoms with Crippen LogP contribution in [-0.4, -0.2) is 5.97 Å². The molecule has 4 heteroatoms. The van der Waals surface area contributed by atoms with Gasteiger partial charge in [-0.3, -0.25) is 4.79 Å². The second kappa shape index (κ2) is 6.85. The van der Waals surface area contributed by atoms with Gasteiger partial charge in [0.25, 0.3) is 0 Å². The normalized spacial score (nSPS) is 22.4. The second-order valence-corrected chi connectivity index (χ2v) is 4.97. The van der Waals surface area contributed by atoms with Gasteiger partial charge in [0.1, 0.15) is 11.6 Å². The van der Waals surface area contributed by atoms with Gasteiger partial charge < -0.3 is 4.74 Å². The zero-order valence-corrected chi connectivity index (χ0v) is 11.1. The first-order valence-electron chi connectivity index (χ1n) is 6.72. The molecule has 3 nitrogen and oxygen atoms in total. The van der Waals surface area contributed by atoms with E-state index in [1.54, 1.807) is 0 Å². The van der Waals surface area contributed by atoms with Gasteiger partial charge in [-0.1, -0.05) is 6.08 Å². The SMILES string of the molecule is N#C/C=C/C1CCC(C(=O)Oc2ccc(F)cc2)CC1. The highest BCUT2D eigenvalue weighted by atomic mass is 19.1. The molecular formula is C16H16FNO2. The molecule has 20 heavy (non-hydrogen) atoms. The van der Waals surface area contributed by atoms with Gasteiger partial charge >= 0.3 is 5.97 Å². The van der Waals surface area contributed by atoms with Crippen LogP contribution in [0.3, 0.4) is 0 Å². The Kier molecular flexibility index (Phi) is 4.89. The van der Waals surface area contributed by atoms with E-state index in [9.17, 15) is 9.18 Å². The largest absolute Gasteiger partial charge is 0.426 e. The van der Waals surface area contributed by atoms with Gasteiger partial charge in [-0.15, -0.1) is 0 Å². The van der Waals surface area contributed by atoms with Crippen molar-refractivity contribution in [2.45, 2.75) is 25.7 Å². The van der Waals surface area contributed by atoms with Gasteiger partial charge in [0.05, 0.1) is 12.0 Å². The fraction of sp³-hybridized carbons (Fsp3) is 0.375. The Hall–Kier alpha value is -2.15. The van der Waals surface area contributed by atoms with Gasteiger partial charge in [-0.05, 0) is 55.9 Å². The minimum Gasteiger partial charge on any atom is -0.426 e. The molecule has 0 atom stereocenters. The van der Waals surface area contributed by atoms with E-state index >= 15 is 0 Å². The molecule has 0 heterocycles. The molecule has 1 aliphatic carbocycles. The van der Waals surface area contributed by atoms with E-state index in [1.807, 2.05) is 12.1 Å². The summed E-state index contributed by atoms with van der Waals surface area (Å²) >= 11 is 0. The van der Waals surface area contributed by atoms with Gasteiger partial charge in [0.15, 0.2) is 0 Å². The lowest BCUT2D eigenvalue weighted by Gasteiger charge is -2.25. The van der Waals surface area contributed by atoms with Gasteiger partial charge in [0, 0.05) is 6.08 Å². The van der Waals surface area contributed by atoms with Crippen molar-refractivity contribution in [3.05, 3.63) is 42.2 Å². The molecule has 0 radical (unpaired) electrons. The maximum Gasteiger partial charge on any atom is 0.314 e. The predicted molar refractivity (Wildman–Crippen MR) is 72.2 cm³/mol. The number of hydrogen-bond acceptors (Lipinski definition) is 3. The maximum absolute atomic E-state index is 12.8. The first-order chi connectivity index (χ1) is 9.69. The van der Waals surface area contributed by atoms with E-state index < -0.39 is 0 Å². The molecule has 1 fully saturated rings. The number of carbonyl (C=O) groups excluding carboxylic acids is 1. The summed E-state index contributed by atoms with van der Waals surface area (Å²) in [7, 11) is 0. The number of benzene rings is 1. The van der Waals surface area contributed by atoms with Crippen molar-refractivity contribution in [1.82, 2.24) is 0 Å². The van der Waals surface area contributed by atoms with Crippen molar-refractivity contribution >= 4 is 5.97 Å². The van der Waals surface area contributed by atoms with Crippen LogP contribution in [0.1, 0.15) is 25.7 Å². The minimum atomic E-state index is -0.352. The lowest BCUT2D eigenvalue weighted by Crippen LogP contribution is -2.25. The highest BCUT2D eigenvalue weighted by molar-refractivity contribution is 5.75.